The van der Waals surface area contributed by atoms with Crippen LogP contribution in [-0.2, 0) is 6.54 Å². The van der Waals surface area contributed by atoms with Crippen molar-refractivity contribution in [1.29, 1.82) is 0 Å². The first kappa shape index (κ1) is 20.7. The number of aromatic nitrogens is 4. The molecule has 0 saturated carbocycles. The van der Waals surface area contributed by atoms with E-state index in [-0.39, 0.29) is 11.7 Å². The molecule has 9 nitrogen and oxygen atoms in total. The number of nitrogens with zero attached hydrogens (tertiary/aromatic N) is 5. The van der Waals surface area contributed by atoms with Gasteiger partial charge in [-0.15, -0.1) is 10.2 Å². The van der Waals surface area contributed by atoms with E-state index in [4.69, 9.17) is 4.74 Å². The van der Waals surface area contributed by atoms with E-state index >= 15 is 0 Å². The molecule has 3 aromatic carbocycles. The number of ether oxygens (including phenoxy) is 1. The van der Waals surface area contributed by atoms with Crippen LogP contribution in [0.25, 0.3) is 11.4 Å². The first-order valence-electron chi connectivity index (χ1n) is 9.75. The summed E-state index contributed by atoms with van der Waals surface area (Å²) >= 11 is 0. The summed E-state index contributed by atoms with van der Waals surface area (Å²) in [5.41, 5.74) is 5.44. The number of phenols is 1. The van der Waals surface area contributed by atoms with Crippen LogP contribution in [0.2, 0.25) is 0 Å². The molecule has 0 radical (unpaired) electrons. The molecule has 160 valence electrons. The predicted molar refractivity (Wildman–Crippen MR) is 119 cm³/mol. The van der Waals surface area contributed by atoms with Crippen molar-refractivity contribution in [2.45, 2.75) is 6.54 Å². The highest BCUT2D eigenvalue weighted by Gasteiger charge is 2.08. The molecule has 4 rings (SSSR count). The molecule has 32 heavy (non-hydrogen) atoms. The topological polar surface area (TPSA) is 115 Å². The third kappa shape index (κ3) is 4.96. The molecule has 2 N–H and O–H groups in total. The van der Waals surface area contributed by atoms with Crippen molar-refractivity contribution < 1.29 is 14.6 Å². The van der Waals surface area contributed by atoms with E-state index in [1.165, 1.54) is 24.2 Å². The van der Waals surface area contributed by atoms with Crippen LogP contribution in [-0.4, -0.2) is 44.5 Å². The average Bonchev–Trinajstić information content (AvgIpc) is 3.29. The molecule has 1 amide bonds. The summed E-state index contributed by atoms with van der Waals surface area (Å²) in [5, 5.41) is 26.1. The highest BCUT2D eigenvalue weighted by molar-refractivity contribution is 5.94. The van der Waals surface area contributed by atoms with Gasteiger partial charge in [0, 0.05) is 11.1 Å². The van der Waals surface area contributed by atoms with Gasteiger partial charge in [-0.1, -0.05) is 42.5 Å². The molecule has 0 fully saturated rings. The molecule has 1 aromatic heterocycles. The van der Waals surface area contributed by atoms with Crippen molar-refractivity contribution in [1.82, 2.24) is 25.6 Å². The largest absolute Gasteiger partial charge is 0.504 e. The van der Waals surface area contributed by atoms with Crippen LogP contribution in [0.15, 0.2) is 77.9 Å². The van der Waals surface area contributed by atoms with Crippen LogP contribution in [0, 0.1) is 0 Å². The second-order valence-electron chi connectivity index (χ2n) is 6.84. The fraction of sp³-hybridized carbons (Fsp3) is 0.0870. The van der Waals surface area contributed by atoms with Crippen molar-refractivity contribution >= 4 is 12.1 Å². The molecule has 0 saturated heterocycles. The lowest BCUT2D eigenvalue weighted by atomic mass is 10.1. The minimum atomic E-state index is -0.344. The molecular formula is C23H20N6O3. The number of tetrazole rings is 1. The van der Waals surface area contributed by atoms with E-state index in [0.29, 0.717) is 29.2 Å². The highest BCUT2D eigenvalue weighted by Crippen LogP contribution is 2.25. The van der Waals surface area contributed by atoms with Crippen LogP contribution in [0.3, 0.4) is 0 Å². The summed E-state index contributed by atoms with van der Waals surface area (Å²) in [7, 11) is 1.46. The first-order valence-corrected chi connectivity index (χ1v) is 9.75. The lowest BCUT2D eigenvalue weighted by molar-refractivity contribution is 0.0955. The maximum Gasteiger partial charge on any atom is 0.271 e. The molecule has 0 aliphatic rings. The van der Waals surface area contributed by atoms with E-state index in [1.807, 2.05) is 42.5 Å². The molecule has 0 aliphatic heterocycles. The number of carbonyl (C=O) groups excluding carboxylic acids is 1. The standard InChI is InChI=1S/C23H20N6O3/c1-32-21-13-17(9-12-20(21)30)14-24-26-23(31)19-10-7-16(8-11-19)15-29-27-22(25-28-29)18-5-3-2-4-6-18/h2-14,30H,15H2,1H3,(H,26,31). The van der Waals surface area contributed by atoms with Gasteiger partial charge in [-0.3, -0.25) is 4.79 Å². The van der Waals surface area contributed by atoms with E-state index in [9.17, 15) is 9.90 Å². The molecule has 0 aliphatic carbocycles. The van der Waals surface area contributed by atoms with Crippen LogP contribution in [0.4, 0.5) is 0 Å². The van der Waals surface area contributed by atoms with Gasteiger partial charge in [0.2, 0.25) is 5.82 Å². The molecule has 4 aromatic rings. The zero-order valence-electron chi connectivity index (χ0n) is 17.2. The van der Waals surface area contributed by atoms with Gasteiger partial charge in [0.05, 0.1) is 19.9 Å². The summed E-state index contributed by atoms with van der Waals surface area (Å²) in [6.07, 6.45) is 1.47. The Labute approximate surface area is 184 Å². The molecular weight excluding hydrogens is 408 g/mol. The first-order chi connectivity index (χ1) is 15.6. The van der Waals surface area contributed by atoms with Gasteiger partial charge in [0.15, 0.2) is 11.5 Å². The van der Waals surface area contributed by atoms with Crippen LogP contribution >= 0.6 is 0 Å². The maximum absolute atomic E-state index is 12.3. The zero-order valence-corrected chi connectivity index (χ0v) is 17.2. The van der Waals surface area contributed by atoms with Crippen molar-refractivity contribution in [3.05, 3.63) is 89.5 Å². The van der Waals surface area contributed by atoms with Crippen LogP contribution in [0.5, 0.6) is 11.5 Å². The highest BCUT2D eigenvalue weighted by atomic mass is 16.5. The quantitative estimate of drug-likeness (QED) is 0.346. The second kappa shape index (κ2) is 9.52. The lowest BCUT2D eigenvalue weighted by Crippen LogP contribution is -2.17. The van der Waals surface area contributed by atoms with Crippen LogP contribution in [0.1, 0.15) is 21.5 Å². The molecule has 1 heterocycles. The Morgan fingerprint density at radius 1 is 1.12 bits per heavy atom. The molecule has 0 unspecified atom stereocenters. The molecule has 0 bridgehead atoms. The Kier molecular flexibility index (Phi) is 6.17. The number of rotatable bonds is 7. The molecule has 0 atom stereocenters. The minimum Gasteiger partial charge on any atom is -0.504 e. The number of hydrazone groups is 1. The number of hydrogen-bond donors (Lipinski definition) is 2. The van der Waals surface area contributed by atoms with Gasteiger partial charge < -0.3 is 9.84 Å². The summed E-state index contributed by atoms with van der Waals surface area (Å²) in [6.45, 7) is 0.433. The normalized spacial score (nSPS) is 10.9. The maximum atomic E-state index is 12.3. The van der Waals surface area contributed by atoms with Gasteiger partial charge in [-0.2, -0.15) is 9.90 Å². The Bertz CT molecular complexity index is 1240. The third-order valence-corrected chi connectivity index (χ3v) is 4.61. The number of methoxy groups -OCH3 is 1. The molecule has 9 heteroatoms. The van der Waals surface area contributed by atoms with Gasteiger partial charge in [0.25, 0.3) is 5.91 Å². The smallest absolute Gasteiger partial charge is 0.271 e. The predicted octanol–water partition coefficient (Wildman–Crippen LogP) is 2.87. The Morgan fingerprint density at radius 2 is 1.91 bits per heavy atom. The number of benzene rings is 3. The van der Waals surface area contributed by atoms with Crippen molar-refractivity contribution in [3.8, 4) is 22.9 Å². The number of hydrogen-bond acceptors (Lipinski definition) is 7. The summed E-state index contributed by atoms with van der Waals surface area (Å²) < 4.78 is 5.05. The van der Waals surface area contributed by atoms with Gasteiger partial charge in [-0.25, -0.2) is 5.43 Å². The third-order valence-electron chi connectivity index (χ3n) is 4.61. The van der Waals surface area contributed by atoms with E-state index in [1.54, 1.807) is 24.3 Å². The number of phenolic OH excluding ortho intramolecular Hbond substituents is 1. The Balaban J connectivity index is 1.35. The van der Waals surface area contributed by atoms with Crippen molar-refractivity contribution in [2.24, 2.45) is 5.10 Å². The second-order valence-corrected chi connectivity index (χ2v) is 6.84. The van der Waals surface area contributed by atoms with E-state index < -0.39 is 0 Å². The van der Waals surface area contributed by atoms with Gasteiger partial charge in [0.1, 0.15) is 0 Å². The number of nitrogens with one attached hydrogen (secondary N) is 1. The Morgan fingerprint density at radius 3 is 2.66 bits per heavy atom. The van der Waals surface area contributed by atoms with Crippen molar-refractivity contribution in [2.75, 3.05) is 7.11 Å². The number of amides is 1. The average molecular weight is 428 g/mol. The van der Waals surface area contributed by atoms with Crippen LogP contribution < -0.4 is 10.2 Å². The summed E-state index contributed by atoms with van der Waals surface area (Å²) in [5.74, 6) is 0.578. The lowest BCUT2D eigenvalue weighted by Gasteiger charge is -2.04. The molecule has 0 spiro atoms. The fourth-order valence-corrected chi connectivity index (χ4v) is 2.94. The number of aromatic hydroxyl groups is 1. The monoisotopic (exact) mass is 428 g/mol. The van der Waals surface area contributed by atoms with E-state index in [2.05, 4.69) is 25.9 Å². The fourth-order valence-electron chi connectivity index (χ4n) is 2.94. The Hall–Kier alpha value is -4.53. The SMILES string of the molecule is COc1cc(C=NNC(=O)c2ccc(Cn3nnc(-c4ccccc4)n3)cc2)ccc1O. The van der Waals surface area contributed by atoms with Gasteiger partial charge >= 0.3 is 0 Å². The summed E-state index contributed by atoms with van der Waals surface area (Å²) in [6, 6.07) is 21.5. The number of carbonyl (C=O) groups is 1. The zero-order chi connectivity index (χ0) is 22.3. The van der Waals surface area contributed by atoms with Crippen molar-refractivity contribution in [3.63, 3.8) is 0 Å². The minimum absolute atomic E-state index is 0.0335. The van der Waals surface area contributed by atoms with E-state index in [0.717, 1.165) is 11.1 Å². The summed E-state index contributed by atoms with van der Waals surface area (Å²) in [4.78, 5) is 13.8. The van der Waals surface area contributed by atoms with Gasteiger partial charge in [-0.05, 0) is 46.7 Å².